The predicted molar refractivity (Wildman–Crippen MR) is 254 cm³/mol. The summed E-state index contributed by atoms with van der Waals surface area (Å²) in [7, 11) is 0. The summed E-state index contributed by atoms with van der Waals surface area (Å²) in [5.41, 5.74) is 17.6. The van der Waals surface area contributed by atoms with Crippen LogP contribution in [0, 0.1) is 0 Å². The van der Waals surface area contributed by atoms with Crippen LogP contribution < -0.4 is 4.90 Å². The van der Waals surface area contributed by atoms with Crippen LogP contribution in [0.3, 0.4) is 0 Å². The normalized spacial score (nSPS) is 14.8. The largest absolute Gasteiger partial charge is 0.334 e. The van der Waals surface area contributed by atoms with Crippen molar-refractivity contribution in [2.24, 2.45) is 0 Å². The number of aromatic nitrogens is 1. The van der Waals surface area contributed by atoms with Gasteiger partial charge in [0.2, 0.25) is 0 Å². The summed E-state index contributed by atoms with van der Waals surface area (Å²) in [4.78, 5) is 2.49. The lowest BCUT2D eigenvalue weighted by Gasteiger charge is -2.33. The van der Waals surface area contributed by atoms with Crippen molar-refractivity contribution in [2.75, 3.05) is 4.90 Å². The second-order valence-corrected chi connectivity index (χ2v) is 15.9. The van der Waals surface area contributed by atoms with Crippen LogP contribution in [0.4, 0.5) is 11.4 Å². The summed E-state index contributed by atoms with van der Waals surface area (Å²) >= 11 is 0. The first-order valence-corrected chi connectivity index (χ1v) is 21.2. The first-order chi connectivity index (χ1) is 29.8. The second-order valence-electron chi connectivity index (χ2n) is 15.9. The lowest BCUT2D eigenvalue weighted by atomic mass is 9.88. The number of para-hydroxylation sites is 2. The molecule has 0 saturated carbocycles. The highest BCUT2D eigenvalue weighted by Crippen LogP contribution is 2.43. The van der Waals surface area contributed by atoms with E-state index in [9.17, 15) is 0 Å². The summed E-state index contributed by atoms with van der Waals surface area (Å²) in [6.07, 6.45) is 12.4. The number of fused-ring (bicyclic) bond motifs is 4. The van der Waals surface area contributed by atoms with Gasteiger partial charge in [0, 0.05) is 33.4 Å². The number of hydrogen-bond acceptors (Lipinski definition) is 1. The third kappa shape index (κ3) is 6.47. The van der Waals surface area contributed by atoms with E-state index < -0.39 is 0 Å². The van der Waals surface area contributed by atoms with E-state index in [2.05, 4.69) is 234 Å². The van der Waals surface area contributed by atoms with E-state index in [0.717, 1.165) is 19.3 Å². The lowest BCUT2D eigenvalue weighted by molar-refractivity contribution is 0.787. The number of benzene rings is 8. The van der Waals surface area contributed by atoms with Crippen LogP contribution in [-0.4, -0.2) is 10.6 Å². The molecule has 2 aliphatic carbocycles. The molecule has 1 unspecified atom stereocenters. The molecule has 0 N–H and O–H groups in total. The summed E-state index contributed by atoms with van der Waals surface area (Å²) in [6, 6.07) is 73.2. The maximum atomic E-state index is 2.53. The molecule has 9 aromatic rings. The fraction of sp³-hybridized carbons (Fsp3) is 0.0690. The Hall–Kier alpha value is -7.42. The number of allylic oxidation sites excluding steroid dienone is 3. The number of hydrogen-bond donors (Lipinski definition) is 0. The molecule has 2 nitrogen and oxygen atoms in total. The van der Waals surface area contributed by atoms with E-state index in [1.165, 1.54) is 94.5 Å². The van der Waals surface area contributed by atoms with E-state index in [0.29, 0.717) is 0 Å². The van der Waals surface area contributed by atoms with Crippen LogP contribution in [0.5, 0.6) is 0 Å². The van der Waals surface area contributed by atoms with E-state index in [4.69, 9.17) is 0 Å². The quantitative estimate of drug-likeness (QED) is 0.149. The average molecular weight is 769 g/mol. The molecule has 0 fully saturated rings. The molecular weight excluding hydrogens is 725 g/mol. The molecule has 2 heteroatoms. The van der Waals surface area contributed by atoms with Crippen LogP contribution in [0.25, 0.3) is 60.8 Å². The van der Waals surface area contributed by atoms with Gasteiger partial charge in [-0.1, -0.05) is 182 Å². The Kier molecular flexibility index (Phi) is 9.17. The molecule has 0 spiro atoms. The maximum absolute atomic E-state index is 2.53. The minimum atomic E-state index is 0.172. The van der Waals surface area contributed by atoms with Gasteiger partial charge in [0.25, 0.3) is 0 Å². The van der Waals surface area contributed by atoms with Gasteiger partial charge in [-0.15, -0.1) is 0 Å². The monoisotopic (exact) mass is 768 g/mol. The third-order valence-electron chi connectivity index (χ3n) is 12.4. The van der Waals surface area contributed by atoms with Crippen molar-refractivity contribution < 1.29 is 0 Å². The molecule has 8 aromatic carbocycles. The van der Waals surface area contributed by atoms with Crippen molar-refractivity contribution in [3.05, 3.63) is 247 Å². The third-order valence-corrected chi connectivity index (χ3v) is 12.4. The van der Waals surface area contributed by atoms with Gasteiger partial charge in [-0.25, -0.2) is 0 Å². The van der Waals surface area contributed by atoms with Crippen LogP contribution in [0.2, 0.25) is 0 Å². The number of anilines is 2. The SMILES string of the molecule is C1=CC(N(c2ccccc2)c2cccc(-c3cccc(C4=CCCc5c4c4ccccc4n5-c4cccc5ccccc45)c3)c2)CC=C1c1ccc(-c2ccccc2)cc1. The molecule has 60 heavy (non-hydrogen) atoms. The van der Waals surface area contributed by atoms with Gasteiger partial charge in [-0.05, 0) is 112 Å². The van der Waals surface area contributed by atoms with Crippen molar-refractivity contribution in [1.29, 1.82) is 0 Å². The Morgan fingerprint density at radius 3 is 1.90 bits per heavy atom. The van der Waals surface area contributed by atoms with Crippen molar-refractivity contribution in [3.8, 4) is 27.9 Å². The standard InChI is InChI=1S/C58H44N2/c1-3-15-41(16-4-1)42-31-33-43(34-32-42)44-35-37-50(38-36-44)59(49-22-5-2-6-23-49)51-24-12-20-47(40-51)46-19-11-21-48(39-46)53-27-14-30-57-58(53)54-26-9-10-28-56(54)60(57)55-29-13-18-45-17-7-8-25-52(45)55/h1-13,15-29,31-37,39-40,50H,14,30,38H2. The molecule has 286 valence electrons. The molecule has 0 bridgehead atoms. The second kappa shape index (κ2) is 15.4. The molecule has 0 aliphatic heterocycles. The highest BCUT2D eigenvalue weighted by Gasteiger charge is 2.26. The van der Waals surface area contributed by atoms with Crippen molar-refractivity contribution in [1.82, 2.24) is 4.57 Å². The van der Waals surface area contributed by atoms with Gasteiger partial charge in [-0.3, -0.25) is 0 Å². The Morgan fingerprint density at radius 2 is 1.08 bits per heavy atom. The summed E-state index contributed by atoms with van der Waals surface area (Å²) in [6.45, 7) is 0. The van der Waals surface area contributed by atoms with Gasteiger partial charge < -0.3 is 9.47 Å². The highest BCUT2D eigenvalue weighted by atomic mass is 15.2. The Balaban J connectivity index is 0.924. The predicted octanol–water partition coefficient (Wildman–Crippen LogP) is 15.0. The molecule has 1 aromatic heterocycles. The van der Waals surface area contributed by atoms with Gasteiger partial charge in [0.15, 0.2) is 0 Å². The Labute approximate surface area is 352 Å². The van der Waals surface area contributed by atoms with E-state index in [1.807, 2.05) is 0 Å². The fourth-order valence-corrected chi connectivity index (χ4v) is 9.55. The van der Waals surface area contributed by atoms with Crippen LogP contribution in [-0.2, 0) is 6.42 Å². The molecule has 0 amide bonds. The zero-order valence-electron chi connectivity index (χ0n) is 33.5. The van der Waals surface area contributed by atoms with Crippen molar-refractivity contribution >= 4 is 44.2 Å². The zero-order chi connectivity index (χ0) is 39.8. The number of rotatable bonds is 8. The first-order valence-electron chi connectivity index (χ1n) is 21.2. The van der Waals surface area contributed by atoms with Gasteiger partial charge >= 0.3 is 0 Å². The molecule has 2 aliphatic rings. The van der Waals surface area contributed by atoms with Gasteiger partial charge in [0.05, 0.1) is 17.2 Å². The molecular formula is C58H44N2. The van der Waals surface area contributed by atoms with E-state index in [-0.39, 0.29) is 6.04 Å². The first kappa shape index (κ1) is 35.7. The van der Waals surface area contributed by atoms with Crippen LogP contribution in [0.15, 0.2) is 224 Å². The van der Waals surface area contributed by atoms with E-state index in [1.54, 1.807) is 0 Å². The minimum absolute atomic E-state index is 0.172. The smallest absolute Gasteiger partial charge is 0.0560 e. The fourth-order valence-electron chi connectivity index (χ4n) is 9.55. The summed E-state index contributed by atoms with van der Waals surface area (Å²) < 4.78 is 2.53. The van der Waals surface area contributed by atoms with Gasteiger partial charge in [0.1, 0.15) is 0 Å². The lowest BCUT2D eigenvalue weighted by Crippen LogP contribution is -2.30. The Morgan fingerprint density at radius 1 is 0.467 bits per heavy atom. The van der Waals surface area contributed by atoms with Crippen molar-refractivity contribution in [2.45, 2.75) is 25.3 Å². The van der Waals surface area contributed by atoms with Crippen LogP contribution in [0.1, 0.15) is 35.2 Å². The van der Waals surface area contributed by atoms with Crippen LogP contribution >= 0.6 is 0 Å². The summed E-state index contributed by atoms with van der Waals surface area (Å²) in [5.74, 6) is 0. The number of nitrogens with zero attached hydrogens (tertiary/aromatic N) is 2. The van der Waals surface area contributed by atoms with E-state index >= 15 is 0 Å². The minimum Gasteiger partial charge on any atom is -0.334 e. The Bertz CT molecular complexity index is 3100. The summed E-state index contributed by atoms with van der Waals surface area (Å²) in [5, 5.41) is 3.85. The maximum Gasteiger partial charge on any atom is 0.0560 e. The molecule has 0 saturated heterocycles. The molecule has 1 heterocycles. The molecule has 0 radical (unpaired) electrons. The molecule has 11 rings (SSSR count). The zero-order valence-corrected chi connectivity index (χ0v) is 33.5. The molecule has 1 atom stereocenters. The average Bonchev–Trinajstić information content (AvgIpc) is 3.67. The topological polar surface area (TPSA) is 8.17 Å². The van der Waals surface area contributed by atoms with Gasteiger partial charge in [-0.2, -0.15) is 0 Å². The van der Waals surface area contributed by atoms with Crippen molar-refractivity contribution in [3.63, 3.8) is 0 Å². The highest BCUT2D eigenvalue weighted by molar-refractivity contribution is 6.02.